The number of hydrogen-bond donors (Lipinski definition) is 8. The number of rotatable bonds is 11. The Kier molecular flexibility index (Phi) is 10.3. The summed E-state index contributed by atoms with van der Waals surface area (Å²) in [5, 5.41) is 40.6. The molecule has 21 nitrogen and oxygen atoms in total. The molecule has 24 heteroatoms. The van der Waals surface area contributed by atoms with E-state index in [1.54, 1.807) is 0 Å². The Balaban J connectivity index is 2.45. The van der Waals surface area contributed by atoms with Crippen LogP contribution < -0.4 is 4.72 Å². The zero-order chi connectivity index (χ0) is 28.5. The number of hydrogen-bond acceptors (Lipinski definition) is 16. The molecule has 0 spiro atoms. The summed E-state index contributed by atoms with van der Waals surface area (Å²) in [6, 6.07) is -2.20. The highest BCUT2D eigenvalue weighted by atomic mass is 32.3. The van der Waals surface area contributed by atoms with Crippen molar-refractivity contribution in [3.05, 3.63) is 0 Å². The largest absolute Gasteiger partial charge is 0.479 e. The van der Waals surface area contributed by atoms with Gasteiger partial charge in [0.2, 0.25) is 0 Å². The van der Waals surface area contributed by atoms with E-state index in [9.17, 15) is 50.5 Å². The number of nitrogens with one attached hydrogen (secondary N) is 1. The molecule has 0 saturated carbocycles. The van der Waals surface area contributed by atoms with Gasteiger partial charge in [-0.3, -0.25) is 13.7 Å². The molecule has 0 unspecified atom stereocenters. The molecule has 2 rings (SSSR count). The Hall–Kier alpha value is -1.20. The summed E-state index contributed by atoms with van der Waals surface area (Å²) in [4.78, 5) is 11.7. The summed E-state index contributed by atoms with van der Waals surface area (Å²) in [6.45, 7) is -1.22. The summed E-state index contributed by atoms with van der Waals surface area (Å²) in [6.07, 6.45) is -19.8. The lowest BCUT2D eigenvalue weighted by molar-refractivity contribution is -0.334. The molecule has 2 aliphatic heterocycles. The molecule has 218 valence electrons. The standard InChI is InChI=1S/C13H23NO20S3/c1-29-13-9(34-37(26,27)28)7(17)8(10(33-13)11(18)19)32-12-4(14-35(20,21)22)6(16)5(15)3(31-12)2-30-36(23,24)25/h3-10,12-17H,2H2,1H3,(H,18,19)(H,20,21,22)(H,23,24,25)(H,26,27,28)/t3-,4-,5-,6-,7-,8-,9+,10+,12-,13+/m1/s1. The van der Waals surface area contributed by atoms with Gasteiger partial charge in [-0.05, 0) is 0 Å². The third-order valence-electron chi connectivity index (χ3n) is 4.89. The van der Waals surface area contributed by atoms with Gasteiger partial charge in [0.15, 0.2) is 24.8 Å². The van der Waals surface area contributed by atoms with Crippen LogP contribution in [0.4, 0.5) is 0 Å². The molecule has 0 aromatic rings. The second-order valence-corrected chi connectivity index (χ2v) is 10.8. The minimum absolute atomic E-state index is 0.881. The molecule has 0 aromatic heterocycles. The van der Waals surface area contributed by atoms with Crippen LogP contribution in [-0.2, 0) is 63.2 Å². The van der Waals surface area contributed by atoms with E-state index in [4.69, 9.17) is 32.6 Å². The number of methoxy groups -OCH3 is 1. The molecule has 2 saturated heterocycles. The number of carboxylic acid groups (broad SMARTS) is 1. The minimum Gasteiger partial charge on any atom is -0.479 e. The van der Waals surface area contributed by atoms with Crippen LogP contribution >= 0.6 is 0 Å². The first-order valence-electron chi connectivity index (χ1n) is 9.52. The zero-order valence-corrected chi connectivity index (χ0v) is 20.6. The Labute approximate surface area is 208 Å². The van der Waals surface area contributed by atoms with Crippen molar-refractivity contribution in [3.63, 3.8) is 0 Å². The highest BCUT2D eigenvalue weighted by Crippen LogP contribution is 2.31. The predicted octanol–water partition coefficient (Wildman–Crippen LogP) is -5.60. The van der Waals surface area contributed by atoms with Gasteiger partial charge >= 0.3 is 37.1 Å². The van der Waals surface area contributed by atoms with Gasteiger partial charge in [-0.25, -0.2) is 13.2 Å². The quantitative estimate of drug-likeness (QED) is 0.101. The maximum absolute atomic E-state index is 11.7. The number of carboxylic acids is 1. The summed E-state index contributed by atoms with van der Waals surface area (Å²) >= 11 is 0. The van der Waals surface area contributed by atoms with Crippen molar-refractivity contribution in [3.8, 4) is 0 Å². The molecule has 10 atom stereocenters. The second kappa shape index (κ2) is 11.9. The third kappa shape index (κ3) is 8.92. The fourth-order valence-electron chi connectivity index (χ4n) is 3.40. The van der Waals surface area contributed by atoms with E-state index in [2.05, 4.69) is 8.37 Å². The van der Waals surface area contributed by atoms with Gasteiger partial charge in [0, 0.05) is 7.11 Å². The molecule has 0 aliphatic carbocycles. The van der Waals surface area contributed by atoms with Gasteiger partial charge in [-0.2, -0.15) is 30.0 Å². The lowest BCUT2D eigenvalue weighted by Crippen LogP contribution is -2.68. The van der Waals surface area contributed by atoms with Crippen LogP contribution in [0, 0.1) is 0 Å². The van der Waals surface area contributed by atoms with Crippen LogP contribution in [0.1, 0.15) is 0 Å². The van der Waals surface area contributed by atoms with Gasteiger partial charge in [-0.1, -0.05) is 0 Å². The Bertz CT molecular complexity index is 1120. The van der Waals surface area contributed by atoms with E-state index < -0.39 is 105 Å². The van der Waals surface area contributed by atoms with Crippen LogP contribution in [0.15, 0.2) is 0 Å². The summed E-state index contributed by atoms with van der Waals surface area (Å²) in [5.41, 5.74) is 0. The summed E-state index contributed by atoms with van der Waals surface area (Å²) in [5.74, 6) is -1.88. The van der Waals surface area contributed by atoms with Gasteiger partial charge in [0.05, 0.1) is 6.61 Å². The monoisotopic (exact) mass is 609 g/mol. The highest BCUT2D eigenvalue weighted by molar-refractivity contribution is 7.83. The van der Waals surface area contributed by atoms with E-state index in [1.807, 2.05) is 0 Å². The van der Waals surface area contributed by atoms with E-state index >= 15 is 0 Å². The molecule has 0 amide bonds. The normalized spacial score (nSPS) is 37.8. The summed E-state index contributed by atoms with van der Waals surface area (Å²) in [7, 11) is -14.8. The first-order chi connectivity index (χ1) is 16.7. The van der Waals surface area contributed by atoms with Crippen LogP contribution in [-0.4, -0.2) is 140 Å². The van der Waals surface area contributed by atoms with Crippen molar-refractivity contribution >= 4 is 37.1 Å². The SMILES string of the molecule is CO[C@H]1O[C@H](C(=O)O)[C@H](O[C@H]2O[C@H](COS(=O)(=O)O)[C@@H](O)[C@H](O)[C@H]2NS(=O)(=O)O)[C@@H](O)[C@@H]1OS(=O)(=O)O. The maximum atomic E-state index is 11.7. The van der Waals surface area contributed by atoms with Crippen molar-refractivity contribution in [2.75, 3.05) is 13.7 Å². The lowest BCUT2D eigenvalue weighted by atomic mass is 9.96. The molecule has 0 bridgehead atoms. The number of aliphatic carboxylic acids is 1. The molecule has 2 heterocycles. The topological polar surface area (TPSA) is 329 Å². The average Bonchev–Trinajstić information content (AvgIpc) is 2.72. The van der Waals surface area contributed by atoms with Crippen LogP contribution in [0.3, 0.4) is 0 Å². The molecular weight excluding hydrogens is 586 g/mol. The van der Waals surface area contributed by atoms with Gasteiger partial charge < -0.3 is 39.4 Å². The smallest absolute Gasteiger partial charge is 0.397 e. The van der Waals surface area contributed by atoms with Crippen molar-refractivity contribution in [1.82, 2.24) is 4.72 Å². The highest BCUT2D eigenvalue weighted by Gasteiger charge is 2.55. The molecule has 2 fully saturated rings. The molecule has 8 N–H and O–H groups in total. The number of aliphatic hydroxyl groups is 3. The first-order valence-corrected chi connectivity index (χ1v) is 13.7. The van der Waals surface area contributed by atoms with Crippen LogP contribution in [0.5, 0.6) is 0 Å². The fraction of sp³-hybridized carbons (Fsp3) is 0.923. The number of carbonyl (C=O) groups is 1. The molecule has 0 aromatic carbocycles. The van der Waals surface area contributed by atoms with Crippen LogP contribution in [0.25, 0.3) is 0 Å². The Morgan fingerprint density at radius 2 is 1.46 bits per heavy atom. The maximum Gasteiger partial charge on any atom is 0.397 e. The van der Waals surface area contributed by atoms with Crippen molar-refractivity contribution < 1.29 is 91.4 Å². The molecule has 2 aliphatic rings. The number of ether oxygens (including phenoxy) is 4. The first kappa shape index (κ1) is 32.0. The van der Waals surface area contributed by atoms with E-state index in [1.165, 1.54) is 4.72 Å². The molecular formula is C13H23NO20S3. The second-order valence-electron chi connectivity index (χ2n) is 7.43. The molecule has 0 radical (unpaired) electrons. The van der Waals surface area contributed by atoms with E-state index in [-0.39, 0.29) is 0 Å². The van der Waals surface area contributed by atoms with Gasteiger partial charge in [0.25, 0.3) is 0 Å². The van der Waals surface area contributed by atoms with Gasteiger partial charge in [-0.15, -0.1) is 0 Å². The molecule has 37 heavy (non-hydrogen) atoms. The average molecular weight is 610 g/mol. The Morgan fingerprint density at radius 1 is 0.865 bits per heavy atom. The van der Waals surface area contributed by atoms with Crippen molar-refractivity contribution in [2.45, 2.75) is 61.3 Å². The lowest BCUT2D eigenvalue weighted by Gasteiger charge is -2.46. The van der Waals surface area contributed by atoms with E-state index in [0.29, 0.717) is 0 Å². The minimum atomic E-state index is -5.32. The predicted molar refractivity (Wildman–Crippen MR) is 107 cm³/mol. The van der Waals surface area contributed by atoms with Crippen molar-refractivity contribution in [2.24, 2.45) is 0 Å². The fourth-order valence-corrected chi connectivity index (χ4v) is 4.79. The third-order valence-corrected chi connectivity index (χ3v) is 6.36. The van der Waals surface area contributed by atoms with E-state index in [0.717, 1.165) is 7.11 Å². The van der Waals surface area contributed by atoms with Crippen LogP contribution in [0.2, 0.25) is 0 Å². The zero-order valence-electron chi connectivity index (χ0n) is 18.1. The van der Waals surface area contributed by atoms with Gasteiger partial charge in [0.1, 0.15) is 36.6 Å². The Morgan fingerprint density at radius 3 is 1.92 bits per heavy atom. The van der Waals surface area contributed by atoms with Crippen molar-refractivity contribution in [1.29, 1.82) is 0 Å². The summed E-state index contributed by atoms with van der Waals surface area (Å²) < 4.78 is 123. The number of aliphatic hydroxyl groups excluding tert-OH is 3.